The highest BCUT2D eigenvalue weighted by atomic mass is 16.6. The van der Waals surface area contributed by atoms with Crippen LogP contribution in [-0.4, -0.2) is 42.1 Å². The van der Waals surface area contributed by atoms with E-state index in [2.05, 4.69) is 24.6 Å². The fraction of sp³-hybridized carbons (Fsp3) is 0.464. The van der Waals surface area contributed by atoms with Crippen LogP contribution in [0.25, 0.3) is 5.57 Å². The predicted molar refractivity (Wildman–Crippen MR) is 137 cm³/mol. The Hall–Kier alpha value is -3.15. The lowest BCUT2D eigenvalue weighted by Gasteiger charge is -2.31. The van der Waals surface area contributed by atoms with Gasteiger partial charge >= 0.3 is 6.09 Å². The minimum absolute atomic E-state index is 0.00825. The number of anilines is 1. The van der Waals surface area contributed by atoms with Crippen molar-refractivity contribution in [2.75, 3.05) is 24.5 Å². The number of hydrogen-bond donors (Lipinski definition) is 0. The Bertz CT molecular complexity index is 1150. The van der Waals surface area contributed by atoms with Crippen molar-refractivity contribution in [1.82, 2.24) is 4.90 Å². The highest BCUT2D eigenvalue weighted by Gasteiger charge is 2.26. The van der Waals surface area contributed by atoms with Crippen LogP contribution in [-0.2, 0) is 9.53 Å². The minimum Gasteiger partial charge on any atom is -0.444 e. The van der Waals surface area contributed by atoms with Crippen molar-refractivity contribution in [3.05, 3.63) is 64.9 Å². The molecule has 2 amide bonds. The van der Waals surface area contributed by atoms with Gasteiger partial charge in [0.15, 0.2) is 0 Å². The lowest BCUT2D eigenvalue weighted by Crippen LogP contribution is -2.40. The molecule has 0 fully saturated rings. The smallest absolute Gasteiger partial charge is 0.410 e. The molecule has 2 heterocycles. The molecule has 1 atom stereocenters. The summed E-state index contributed by atoms with van der Waals surface area (Å²) in [4.78, 5) is 33.4. The van der Waals surface area contributed by atoms with Gasteiger partial charge in [0.05, 0.1) is 11.0 Å². The van der Waals surface area contributed by atoms with Crippen LogP contribution in [0.15, 0.2) is 59.3 Å². The molecule has 0 N–H and O–H groups in total. The largest absolute Gasteiger partial charge is 0.444 e. The Kier molecular flexibility index (Phi) is 7.80. The van der Waals surface area contributed by atoms with E-state index in [9.17, 15) is 9.59 Å². The van der Waals surface area contributed by atoms with Crippen molar-refractivity contribution >= 4 is 23.3 Å². The Morgan fingerprint density at radius 1 is 1.29 bits per heavy atom. The Morgan fingerprint density at radius 2 is 2.03 bits per heavy atom. The molecule has 0 aromatic heterocycles. The van der Waals surface area contributed by atoms with Gasteiger partial charge in [-0.1, -0.05) is 25.6 Å². The third-order valence-corrected chi connectivity index (χ3v) is 5.91. The van der Waals surface area contributed by atoms with Gasteiger partial charge in [0.25, 0.3) is 0 Å². The Balaban J connectivity index is 2.12. The zero-order valence-electron chi connectivity index (χ0n) is 21.4. The molecule has 0 aliphatic carbocycles. The number of carbonyl (C=O) groups excluding carboxylic acids is 2. The monoisotopic (exact) mass is 463 g/mol. The van der Waals surface area contributed by atoms with Gasteiger partial charge in [0.1, 0.15) is 5.60 Å². The first-order chi connectivity index (χ1) is 16.0. The second-order valence-corrected chi connectivity index (χ2v) is 9.98. The maximum absolute atomic E-state index is 12.7. The van der Waals surface area contributed by atoms with E-state index in [1.807, 2.05) is 52.0 Å². The van der Waals surface area contributed by atoms with E-state index in [1.54, 1.807) is 22.9 Å². The SMILES string of the molecule is C=C1C=CN=c2cccc(N(CC)C(C)=O)c2=C1/C1=C\[C@@H](C)CN(C(=O)OC(C)(C)C)CCC1. The average Bonchev–Trinajstić information content (AvgIpc) is 2.88. The minimum atomic E-state index is -0.518. The quantitative estimate of drug-likeness (QED) is 0.663. The maximum atomic E-state index is 12.7. The molecule has 6 nitrogen and oxygen atoms in total. The molecule has 2 aliphatic heterocycles. The third-order valence-electron chi connectivity index (χ3n) is 5.91. The van der Waals surface area contributed by atoms with Gasteiger partial charge in [0.2, 0.25) is 5.91 Å². The second-order valence-electron chi connectivity index (χ2n) is 9.98. The van der Waals surface area contributed by atoms with Crippen molar-refractivity contribution in [3.8, 4) is 0 Å². The number of benzene rings is 1. The fourth-order valence-electron chi connectivity index (χ4n) is 4.58. The number of ether oxygens (including phenoxy) is 1. The summed E-state index contributed by atoms with van der Waals surface area (Å²) in [5.41, 5.74) is 3.41. The van der Waals surface area contributed by atoms with Crippen LogP contribution in [0.4, 0.5) is 10.5 Å². The molecule has 1 aromatic carbocycles. The molecule has 3 rings (SSSR count). The summed E-state index contributed by atoms with van der Waals surface area (Å²) < 4.78 is 5.61. The highest BCUT2D eigenvalue weighted by molar-refractivity contribution is 5.93. The van der Waals surface area contributed by atoms with Crippen LogP contribution in [0.5, 0.6) is 0 Å². The summed E-state index contributed by atoms with van der Waals surface area (Å²) in [5, 5.41) is 1.77. The summed E-state index contributed by atoms with van der Waals surface area (Å²) in [7, 11) is 0. The first-order valence-corrected chi connectivity index (χ1v) is 12.1. The molecule has 0 saturated carbocycles. The van der Waals surface area contributed by atoms with Crippen molar-refractivity contribution in [1.29, 1.82) is 0 Å². The van der Waals surface area contributed by atoms with Crippen LogP contribution in [0.2, 0.25) is 0 Å². The zero-order chi connectivity index (χ0) is 25.0. The van der Waals surface area contributed by atoms with Crippen molar-refractivity contribution in [3.63, 3.8) is 0 Å². The van der Waals surface area contributed by atoms with Crippen LogP contribution in [0.1, 0.15) is 54.4 Å². The van der Waals surface area contributed by atoms with Crippen LogP contribution in [0.3, 0.4) is 0 Å². The maximum Gasteiger partial charge on any atom is 0.410 e. The number of allylic oxidation sites excluding steroid dienone is 3. The molecule has 0 saturated heterocycles. The van der Waals surface area contributed by atoms with Gasteiger partial charge in [0, 0.05) is 38.0 Å². The topological polar surface area (TPSA) is 62.2 Å². The van der Waals surface area contributed by atoms with Gasteiger partial charge in [-0.25, -0.2) is 4.79 Å². The molecule has 34 heavy (non-hydrogen) atoms. The summed E-state index contributed by atoms with van der Waals surface area (Å²) in [6.45, 7) is 17.5. The first-order valence-electron chi connectivity index (χ1n) is 12.1. The van der Waals surface area contributed by atoms with Gasteiger partial charge in [-0.2, -0.15) is 0 Å². The number of hydrogen-bond acceptors (Lipinski definition) is 4. The van der Waals surface area contributed by atoms with E-state index in [1.165, 1.54) is 5.57 Å². The zero-order valence-corrected chi connectivity index (χ0v) is 21.4. The summed E-state index contributed by atoms with van der Waals surface area (Å²) in [6, 6.07) is 5.90. The Labute approximate surface area is 203 Å². The van der Waals surface area contributed by atoms with Crippen LogP contribution < -0.4 is 15.5 Å². The van der Waals surface area contributed by atoms with E-state index < -0.39 is 5.60 Å². The molecule has 1 aromatic rings. The lowest BCUT2D eigenvalue weighted by atomic mass is 9.88. The standard InChI is InChI=1S/C28H37N3O3/c1-8-31(21(4)32)24-13-9-12-23-26(24)25(20(3)14-15-29-23)22-11-10-16-30(18-19(2)17-22)27(33)34-28(5,6)7/h9,12-15,17,19H,3,8,10-11,16,18H2,1-2,4-7H3/b22-17-/t19-/m1/s1. The van der Waals surface area contributed by atoms with Gasteiger partial charge in [-0.3, -0.25) is 9.79 Å². The normalized spacial score (nSPS) is 20.2. The number of nitrogens with zero attached hydrogens (tertiary/aromatic N) is 3. The molecular formula is C28H37N3O3. The molecule has 182 valence electrons. The predicted octanol–water partition coefficient (Wildman–Crippen LogP) is 4.51. The van der Waals surface area contributed by atoms with Gasteiger partial charge in [-0.15, -0.1) is 0 Å². The fourth-order valence-corrected chi connectivity index (χ4v) is 4.58. The van der Waals surface area contributed by atoms with Crippen LogP contribution in [0, 0.1) is 5.92 Å². The first kappa shape index (κ1) is 25.5. The summed E-state index contributed by atoms with van der Waals surface area (Å²) >= 11 is 0. The summed E-state index contributed by atoms with van der Waals surface area (Å²) in [5.74, 6) is 0.115. The molecule has 0 bridgehead atoms. The lowest BCUT2D eigenvalue weighted by molar-refractivity contribution is -0.116. The molecular weight excluding hydrogens is 426 g/mol. The number of rotatable bonds is 3. The van der Waals surface area contributed by atoms with E-state index >= 15 is 0 Å². The molecule has 2 aliphatic rings. The Morgan fingerprint density at radius 3 is 2.68 bits per heavy atom. The van der Waals surface area contributed by atoms with E-state index in [4.69, 9.17) is 4.74 Å². The van der Waals surface area contributed by atoms with E-state index in [-0.39, 0.29) is 17.9 Å². The third kappa shape index (κ3) is 5.85. The van der Waals surface area contributed by atoms with Crippen LogP contribution >= 0.6 is 0 Å². The van der Waals surface area contributed by atoms with E-state index in [0.717, 1.165) is 40.3 Å². The van der Waals surface area contributed by atoms with Crippen molar-refractivity contribution in [2.45, 2.75) is 60.0 Å². The summed E-state index contributed by atoms with van der Waals surface area (Å²) in [6.07, 6.45) is 7.26. The number of fused-ring (bicyclic) bond motifs is 1. The van der Waals surface area contributed by atoms with Crippen molar-refractivity contribution in [2.24, 2.45) is 10.9 Å². The molecule has 0 unspecified atom stereocenters. The number of amides is 2. The number of carbonyl (C=O) groups is 2. The molecule has 0 radical (unpaired) electrons. The second kappa shape index (κ2) is 10.4. The van der Waals surface area contributed by atoms with E-state index in [0.29, 0.717) is 19.6 Å². The average molecular weight is 464 g/mol. The van der Waals surface area contributed by atoms with Gasteiger partial charge < -0.3 is 14.5 Å². The van der Waals surface area contributed by atoms with Crippen molar-refractivity contribution < 1.29 is 14.3 Å². The highest BCUT2D eigenvalue weighted by Crippen LogP contribution is 2.29. The molecule has 0 spiro atoms. The molecule has 6 heteroatoms. The van der Waals surface area contributed by atoms with Gasteiger partial charge in [-0.05, 0) is 81.4 Å².